The molecule has 1 fully saturated rings. The number of halogens is 1. The van der Waals surface area contributed by atoms with E-state index in [1.807, 2.05) is 13.0 Å². The lowest BCUT2D eigenvalue weighted by Gasteiger charge is -2.28. The molecule has 0 N–H and O–H groups in total. The summed E-state index contributed by atoms with van der Waals surface area (Å²) in [5.41, 5.74) is 2.41. The van der Waals surface area contributed by atoms with Gasteiger partial charge in [0.05, 0.1) is 19.0 Å². The van der Waals surface area contributed by atoms with Crippen LogP contribution in [0.4, 0.5) is 4.39 Å². The molecule has 0 spiro atoms. The van der Waals surface area contributed by atoms with Gasteiger partial charge in [-0.05, 0) is 50.5 Å². The van der Waals surface area contributed by atoms with E-state index in [2.05, 4.69) is 30.3 Å². The minimum absolute atomic E-state index is 0.0692. The summed E-state index contributed by atoms with van der Waals surface area (Å²) in [4.78, 5) is 0. The molecule has 1 aromatic carbocycles. The van der Waals surface area contributed by atoms with Crippen LogP contribution in [0.2, 0.25) is 0 Å². The summed E-state index contributed by atoms with van der Waals surface area (Å²) in [5, 5.41) is 0. The summed E-state index contributed by atoms with van der Waals surface area (Å²) in [6.45, 7) is 3.44. The number of ether oxygens (including phenoxy) is 2. The molecule has 2 nitrogen and oxygen atoms in total. The van der Waals surface area contributed by atoms with Crippen molar-refractivity contribution in [2.24, 2.45) is 11.8 Å². The standard InChI is InChI=1S/C21H27FO2/c1-2-3-18-14-23-21(24-15-18)19-10-6-16(7-11-19)4-5-17-8-12-20(22)13-9-17/h2-3,6-7,10-12,17-18,21H,4-5,8-9,13-15H2,1H3/b3-2+. The first-order valence-electron chi connectivity index (χ1n) is 9.04. The Bertz CT molecular complexity index is 568. The Hall–Kier alpha value is -1.45. The average Bonchev–Trinajstić information content (AvgIpc) is 2.63. The summed E-state index contributed by atoms with van der Waals surface area (Å²) in [6.07, 6.45) is 10.4. The third-order valence-corrected chi connectivity index (χ3v) is 4.95. The van der Waals surface area contributed by atoms with E-state index in [0.29, 0.717) is 31.5 Å². The van der Waals surface area contributed by atoms with Crippen molar-refractivity contribution in [3.05, 3.63) is 59.4 Å². The van der Waals surface area contributed by atoms with Gasteiger partial charge in [0.1, 0.15) is 0 Å². The molecule has 1 aliphatic heterocycles. The molecular formula is C21H27FO2. The van der Waals surface area contributed by atoms with Crippen LogP contribution < -0.4 is 0 Å². The molecule has 3 rings (SSSR count). The van der Waals surface area contributed by atoms with Crippen molar-refractivity contribution >= 4 is 0 Å². The van der Waals surface area contributed by atoms with Gasteiger partial charge in [-0.3, -0.25) is 0 Å². The fourth-order valence-corrected chi connectivity index (χ4v) is 3.42. The average molecular weight is 330 g/mol. The van der Waals surface area contributed by atoms with Crippen LogP contribution >= 0.6 is 0 Å². The highest BCUT2D eigenvalue weighted by Crippen LogP contribution is 2.29. The normalized spacial score (nSPS) is 28.1. The van der Waals surface area contributed by atoms with Gasteiger partial charge in [-0.1, -0.05) is 42.5 Å². The zero-order valence-corrected chi connectivity index (χ0v) is 14.4. The second-order valence-electron chi connectivity index (χ2n) is 6.86. The molecule has 1 saturated heterocycles. The Balaban J connectivity index is 1.47. The second-order valence-corrected chi connectivity index (χ2v) is 6.86. The minimum Gasteiger partial charge on any atom is -0.348 e. The number of allylic oxidation sites excluding steroid dienone is 3. The quantitative estimate of drug-likeness (QED) is 0.663. The maximum absolute atomic E-state index is 13.0. The summed E-state index contributed by atoms with van der Waals surface area (Å²) in [5.74, 6) is 1.05. The topological polar surface area (TPSA) is 18.5 Å². The molecule has 24 heavy (non-hydrogen) atoms. The third-order valence-electron chi connectivity index (χ3n) is 4.95. The maximum atomic E-state index is 13.0. The predicted octanol–water partition coefficient (Wildman–Crippen LogP) is 5.51. The molecule has 1 unspecified atom stereocenters. The van der Waals surface area contributed by atoms with Crippen LogP contribution in [0.15, 0.2) is 48.3 Å². The van der Waals surface area contributed by atoms with Gasteiger partial charge in [0.25, 0.3) is 0 Å². The zero-order valence-electron chi connectivity index (χ0n) is 14.4. The molecule has 1 atom stereocenters. The van der Waals surface area contributed by atoms with Crippen LogP contribution in [0.3, 0.4) is 0 Å². The van der Waals surface area contributed by atoms with Crippen LogP contribution in [0.5, 0.6) is 0 Å². The van der Waals surface area contributed by atoms with Gasteiger partial charge in [0.2, 0.25) is 0 Å². The van der Waals surface area contributed by atoms with E-state index in [1.54, 1.807) is 6.08 Å². The zero-order chi connectivity index (χ0) is 16.8. The Morgan fingerprint density at radius 1 is 1.17 bits per heavy atom. The molecule has 0 bridgehead atoms. The fourth-order valence-electron chi connectivity index (χ4n) is 3.42. The van der Waals surface area contributed by atoms with Gasteiger partial charge in [0, 0.05) is 11.5 Å². The number of rotatable bonds is 5. The van der Waals surface area contributed by atoms with Crippen molar-refractivity contribution in [2.75, 3.05) is 13.2 Å². The highest BCUT2D eigenvalue weighted by molar-refractivity contribution is 5.24. The molecular weight excluding hydrogens is 303 g/mol. The molecule has 1 aliphatic carbocycles. The van der Waals surface area contributed by atoms with E-state index in [1.165, 1.54) is 5.56 Å². The Morgan fingerprint density at radius 2 is 1.92 bits per heavy atom. The van der Waals surface area contributed by atoms with Gasteiger partial charge in [-0.15, -0.1) is 0 Å². The summed E-state index contributed by atoms with van der Waals surface area (Å²) in [6, 6.07) is 8.55. The molecule has 2 aliphatic rings. The second kappa shape index (κ2) is 8.59. The first-order valence-corrected chi connectivity index (χ1v) is 9.04. The monoisotopic (exact) mass is 330 g/mol. The Morgan fingerprint density at radius 3 is 2.54 bits per heavy atom. The highest BCUT2D eigenvalue weighted by Gasteiger charge is 2.22. The highest BCUT2D eigenvalue weighted by atomic mass is 19.1. The Kier molecular flexibility index (Phi) is 6.22. The lowest BCUT2D eigenvalue weighted by Crippen LogP contribution is -2.25. The van der Waals surface area contributed by atoms with Gasteiger partial charge < -0.3 is 9.47 Å². The minimum atomic E-state index is -0.244. The SMILES string of the molecule is C/C=C/C1COC(c2ccc(CCC3CC=C(F)CC3)cc2)OC1. The lowest BCUT2D eigenvalue weighted by atomic mass is 9.88. The van der Waals surface area contributed by atoms with Gasteiger partial charge in [0.15, 0.2) is 6.29 Å². The van der Waals surface area contributed by atoms with Crippen molar-refractivity contribution in [1.29, 1.82) is 0 Å². The van der Waals surface area contributed by atoms with E-state index in [4.69, 9.17) is 9.47 Å². The van der Waals surface area contributed by atoms with Crippen LogP contribution in [0.25, 0.3) is 0 Å². The first-order chi connectivity index (χ1) is 11.7. The van der Waals surface area contributed by atoms with E-state index in [9.17, 15) is 4.39 Å². The van der Waals surface area contributed by atoms with Crippen molar-refractivity contribution in [3.63, 3.8) is 0 Å². The lowest BCUT2D eigenvalue weighted by molar-refractivity contribution is -0.197. The smallest absolute Gasteiger partial charge is 0.183 e. The largest absolute Gasteiger partial charge is 0.348 e. The molecule has 1 aromatic rings. The van der Waals surface area contributed by atoms with Crippen LogP contribution in [-0.2, 0) is 15.9 Å². The number of benzene rings is 1. The van der Waals surface area contributed by atoms with E-state index in [-0.39, 0.29) is 12.1 Å². The number of hydrogen-bond acceptors (Lipinski definition) is 2. The fraction of sp³-hybridized carbons (Fsp3) is 0.524. The summed E-state index contributed by atoms with van der Waals surface area (Å²) < 4.78 is 24.7. The molecule has 0 amide bonds. The van der Waals surface area contributed by atoms with Crippen molar-refractivity contribution in [2.45, 2.75) is 45.3 Å². The van der Waals surface area contributed by atoms with Gasteiger partial charge in [-0.25, -0.2) is 4.39 Å². The van der Waals surface area contributed by atoms with E-state index >= 15 is 0 Å². The molecule has 0 saturated carbocycles. The van der Waals surface area contributed by atoms with Crippen molar-refractivity contribution in [1.82, 2.24) is 0 Å². The molecule has 130 valence electrons. The van der Waals surface area contributed by atoms with E-state index in [0.717, 1.165) is 31.2 Å². The summed E-state index contributed by atoms with van der Waals surface area (Å²) in [7, 11) is 0. The van der Waals surface area contributed by atoms with Crippen molar-refractivity contribution < 1.29 is 13.9 Å². The van der Waals surface area contributed by atoms with Crippen LogP contribution in [0, 0.1) is 11.8 Å². The summed E-state index contributed by atoms with van der Waals surface area (Å²) >= 11 is 0. The Labute approximate surface area is 144 Å². The molecule has 0 radical (unpaired) electrons. The first kappa shape index (κ1) is 17.4. The van der Waals surface area contributed by atoms with E-state index < -0.39 is 0 Å². The predicted molar refractivity (Wildman–Crippen MR) is 94.2 cm³/mol. The van der Waals surface area contributed by atoms with Gasteiger partial charge in [-0.2, -0.15) is 0 Å². The number of hydrogen-bond donors (Lipinski definition) is 0. The van der Waals surface area contributed by atoms with Crippen LogP contribution in [0.1, 0.15) is 50.0 Å². The molecule has 0 aromatic heterocycles. The number of aryl methyl sites for hydroxylation is 1. The van der Waals surface area contributed by atoms with Crippen LogP contribution in [-0.4, -0.2) is 13.2 Å². The third kappa shape index (κ3) is 4.78. The molecule has 3 heteroatoms. The van der Waals surface area contributed by atoms with Crippen molar-refractivity contribution in [3.8, 4) is 0 Å². The molecule has 1 heterocycles. The van der Waals surface area contributed by atoms with Gasteiger partial charge >= 0.3 is 0 Å². The maximum Gasteiger partial charge on any atom is 0.183 e.